The van der Waals surface area contributed by atoms with Crippen LogP contribution in [0.15, 0.2) is 152 Å². The van der Waals surface area contributed by atoms with E-state index in [1.165, 1.54) is 20.1 Å². The van der Waals surface area contributed by atoms with Crippen LogP contribution < -0.4 is 8.92 Å². The predicted octanol–water partition coefficient (Wildman–Crippen LogP) is 6.66. The summed E-state index contributed by atoms with van der Waals surface area (Å²) in [5, 5.41) is 0. The van der Waals surface area contributed by atoms with Crippen molar-refractivity contribution in [3.05, 3.63) is 174 Å². The second kappa shape index (κ2) is 15.3. The van der Waals surface area contributed by atoms with Crippen LogP contribution in [0, 0.1) is 11.8 Å². The summed E-state index contributed by atoms with van der Waals surface area (Å²) in [6, 6.07) is 50.8. The molecule has 0 fully saturated rings. The molecule has 5 aromatic carbocycles. The Hall–Kier alpha value is -3.60. The molecule has 0 aliphatic rings. The number of hydrogen-bond donors (Lipinski definition) is 0. The maximum atomic E-state index is 6.83. The topological polar surface area (TPSA) is 9.23 Å². The summed E-state index contributed by atoms with van der Waals surface area (Å²) in [5.41, 5.74) is 4.38. The van der Waals surface area contributed by atoms with Crippen LogP contribution in [0.2, 0.25) is 3.71 Å². The molecular formula is C37H30OSe2. The van der Waals surface area contributed by atoms with E-state index in [4.69, 9.17) is 4.74 Å². The van der Waals surface area contributed by atoms with Crippen LogP contribution >= 0.6 is 0 Å². The predicted molar refractivity (Wildman–Crippen MR) is 170 cm³/mol. The molecular weight excluding hydrogens is 618 g/mol. The van der Waals surface area contributed by atoms with Crippen molar-refractivity contribution in [1.29, 1.82) is 0 Å². The Balaban J connectivity index is 1.50. The Kier molecular flexibility index (Phi) is 10.7. The van der Waals surface area contributed by atoms with E-state index in [0.717, 1.165) is 11.1 Å². The molecule has 0 aliphatic carbocycles. The Morgan fingerprint density at radius 2 is 1.10 bits per heavy atom. The van der Waals surface area contributed by atoms with Crippen molar-refractivity contribution in [2.45, 2.75) is 9.82 Å². The van der Waals surface area contributed by atoms with Gasteiger partial charge >= 0.3 is 252 Å². The van der Waals surface area contributed by atoms with Gasteiger partial charge in [-0.3, -0.25) is 0 Å². The van der Waals surface area contributed by atoms with E-state index in [2.05, 4.69) is 145 Å². The molecule has 0 heterocycles. The van der Waals surface area contributed by atoms with Gasteiger partial charge in [0.1, 0.15) is 0 Å². The molecule has 0 amide bonds. The van der Waals surface area contributed by atoms with E-state index in [1.807, 2.05) is 24.3 Å². The average Bonchev–Trinajstić information content (AvgIpc) is 3.02. The molecule has 5 aromatic rings. The summed E-state index contributed by atoms with van der Waals surface area (Å²) >= 11 is 0.426. The first-order chi connectivity index (χ1) is 19.8. The Morgan fingerprint density at radius 3 is 1.73 bits per heavy atom. The summed E-state index contributed by atoms with van der Waals surface area (Å²) in [4.78, 5) is 0. The Bertz CT molecular complexity index is 1500. The van der Waals surface area contributed by atoms with Crippen molar-refractivity contribution >= 4 is 44.9 Å². The van der Waals surface area contributed by atoms with Crippen LogP contribution in [0.25, 0.3) is 6.08 Å². The third-order valence-electron chi connectivity index (χ3n) is 6.10. The molecule has 3 heteroatoms. The van der Waals surface area contributed by atoms with Crippen molar-refractivity contribution in [1.82, 2.24) is 0 Å². The fourth-order valence-corrected chi connectivity index (χ4v) is 11.1. The summed E-state index contributed by atoms with van der Waals surface area (Å²) in [6.07, 6.45) is 4.18. The molecule has 1 nitrogen and oxygen atoms in total. The summed E-state index contributed by atoms with van der Waals surface area (Å²) in [7, 11) is 0. The SMILES string of the molecule is C(#Cc1ccccc1C(OC/C=C/c1ccccc1)C([Se]c1ccccc1)[Se]c1ccccc1)c1ccccc1. The standard InChI is InChI=1S/C37H30OSe2/c1-5-16-30(17-6-1)20-15-29-38-36(35-26-14-13-21-32(35)28-27-31-18-7-2-8-19-31)37(39-33-22-9-3-10-23-33)40-34-24-11-4-12-25-34/h1-26,36-37H,29H2/b20-15+. The third-order valence-corrected chi connectivity index (χ3v) is 12.5. The van der Waals surface area contributed by atoms with E-state index in [9.17, 15) is 0 Å². The van der Waals surface area contributed by atoms with Crippen molar-refractivity contribution in [2.75, 3.05) is 6.61 Å². The molecule has 1 atom stereocenters. The first-order valence-electron chi connectivity index (χ1n) is 13.3. The van der Waals surface area contributed by atoms with Crippen LogP contribution in [-0.2, 0) is 4.74 Å². The fourth-order valence-electron chi connectivity index (χ4n) is 4.16. The number of rotatable bonds is 10. The zero-order valence-electron chi connectivity index (χ0n) is 22.1. The minimum absolute atomic E-state index is 0.0814. The molecule has 196 valence electrons. The number of ether oxygens (including phenoxy) is 1. The van der Waals surface area contributed by atoms with Gasteiger partial charge in [-0.15, -0.1) is 0 Å². The first-order valence-corrected chi connectivity index (χ1v) is 17.0. The molecule has 0 bridgehead atoms. The van der Waals surface area contributed by atoms with E-state index in [0.29, 0.717) is 10.3 Å². The molecule has 0 spiro atoms. The minimum atomic E-state index is -0.0814. The molecule has 5 rings (SSSR count). The molecule has 0 saturated heterocycles. The van der Waals surface area contributed by atoms with Gasteiger partial charge in [0.05, 0.1) is 0 Å². The van der Waals surface area contributed by atoms with Gasteiger partial charge in [-0.1, -0.05) is 0 Å². The van der Waals surface area contributed by atoms with Crippen LogP contribution in [-0.4, -0.2) is 36.5 Å². The average molecular weight is 649 g/mol. The van der Waals surface area contributed by atoms with Gasteiger partial charge in [-0.2, -0.15) is 0 Å². The summed E-state index contributed by atoms with van der Waals surface area (Å²) < 4.78 is 9.94. The molecule has 0 saturated carbocycles. The van der Waals surface area contributed by atoms with Gasteiger partial charge in [0, 0.05) is 0 Å². The quantitative estimate of drug-likeness (QED) is 0.122. The number of hydrogen-bond acceptors (Lipinski definition) is 1. The van der Waals surface area contributed by atoms with Gasteiger partial charge in [-0.25, -0.2) is 0 Å². The molecule has 0 aliphatic heterocycles. The monoisotopic (exact) mass is 650 g/mol. The van der Waals surface area contributed by atoms with Crippen molar-refractivity contribution in [3.63, 3.8) is 0 Å². The van der Waals surface area contributed by atoms with Crippen LogP contribution in [0.5, 0.6) is 0 Å². The zero-order valence-corrected chi connectivity index (χ0v) is 25.5. The Morgan fingerprint density at radius 1 is 0.575 bits per heavy atom. The zero-order chi connectivity index (χ0) is 27.2. The van der Waals surface area contributed by atoms with E-state index in [-0.39, 0.29) is 36.0 Å². The van der Waals surface area contributed by atoms with Gasteiger partial charge in [0.15, 0.2) is 0 Å². The van der Waals surface area contributed by atoms with E-state index < -0.39 is 0 Å². The van der Waals surface area contributed by atoms with Crippen LogP contribution in [0.4, 0.5) is 0 Å². The van der Waals surface area contributed by atoms with E-state index in [1.54, 1.807) is 0 Å². The Labute approximate surface area is 250 Å². The fraction of sp³-hybridized carbons (Fsp3) is 0.0811. The summed E-state index contributed by atoms with van der Waals surface area (Å²) in [5.74, 6) is 6.85. The molecule has 0 radical (unpaired) electrons. The second-order valence-electron chi connectivity index (χ2n) is 9.00. The van der Waals surface area contributed by atoms with Gasteiger partial charge in [0.25, 0.3) is 0 Å². The van der Waals surface area contributed by atoms with Crippen molar-refractivity contribution in [3.8, 4) is 11.8 Å². The van der Waals surface area contributed by atoms with Crippen molar-refractivity contribution < 1.29 is 4.74 Å². The molecule has 1 unspecified atom stereocenters. The maximum absolute atomic E-state index is 6.83. The van der Waals surface area contributed by atoms with Crippen molar-refractivity contribution in [2.24, 2.45) is 0 Å². The van der Waals surface area contributed by atoms with E-state index >= 15 is 0 Å². The normalized spacial score (nSPS) is 11.7. The molecule has 40 heavy (non-hydrogen) atoms. The van der Waals surface area contributed by atoms with Crippen LogP contribution in [0.3, 0.4) is 0 Å². The first kappa shape index (κ1) is 27.9. The van der Waals surface area contributed by atoms with Gasteiger partial charge in [-0.05, 0) is 0 Å². The van der Waals surface area contributed by atoms with Gasteiger partial charge < -0.3 is 0 Å². The molecule has 0 N–H and O–H groups in total. The number of benzene rings is 5. The summed E-state index contributed by atoms with van der Waals surface area (Å²) in [6.45, 7) is 0.534. The third kappa shape index (κ3) is 8.45. The van der Waals surface area contributed by atoms with Gasteiger partial charge in [0.2, 0.25) is 0 Å². The second-order valence-corrected chi connectivity index (χ2v) is 15.6. The van der Waals surface area contributed by atoms with Crippen LogP contribution in [0.1, 0.15) is 28.4 Å². The molecule has 0 aromatic heterocycles.